The van der Waals surface area contributed by atoms with Crippen molar-refractivity contribution in [1.82, 2.24) is 9.97 Å². The van der Waals surface area contributed by atoms with Crippen molar-refractivity contribution < 1.29 is 14.3 Å². The zero-order chi connectivity index (χ0) is 14.4. The molecule has 0 fully saturated rings. The van der Waals surface area contributed by atoms with Crippen molar-refractivity contribution in [2.24, 2.45) is 0 Å². The molecule has 2 rings (SSSR count). The van der Waals surface area contributed by atoms with E-state index in [0.29, 0.717) is 5.56 Å². The van der Waals surface area contributed by atoms with E-state index in [0.717, 1.165) is 0 Å². The van der Waals surface area contributed by atoms with Crippen LogP contribution >= 0.6 is 0 Å². The van der Waals surface area contributed by atoms with Gasteiger partial charge in [-0.1, -0.05) is 30.3 Å². The Bertz CT molecular complexity index is 587. The highest BCUT2D eigenvalue weighted by Crippen LogP contribution is 2.19. The van der Waals surface area contributed by atoms with Crippen LogP contribution in [-0.4, -0.2) is 21.8 Å². The first-order chi connectivity index (χ1) is 9.66. The molecule has 102 valence electrons. The molecule has 20 heavy (non-hydrogen) atoms. The Kier molecular flexibility index (Phi) is 4.39. The molecule has 0 bridgehead atoms. The molecule has 0 saturated heterocycles. The number of aromatic nitrogens is 2. The molecule has 0 radical (unpaired) electrons. The molecule has 0 saturated carbocycles. The number of hydrogen-bond acceptors (Lipinski definition) is 5. The van der Waals surface area contributed by atoms with Crippen molar-refractivity contribution in [3.63, 3.8) is 0 Å². The maximum absolute atomic E-state index is 12.2. The number of anilines is 1. The second kappa shape index (κ2) is 6.42. The molecule has 0 spiro atoms. The monoisotopic (exact) mass is 271 g/mol. The summed E-state index contributed by atoms with van der Waals surface area (Å²) in [5.41, 5.74) is 0.580. The number of esters is 1. The van der Waals surface area contributed by atoms with Crippen LogP contribution in [0, 0.1) is 0 Å². The van der Waals surface area contributed by atoms with E-state index in [1.165, 1.54) is 19.3 Å². The van der Waals surface area contributed by atoms with Crippen molar-refractivity contribution in [3.05, 3.63) is 54.4 Å². The topological polar surface area (TPSA) is 81.2 Å². The van der Waals surface area contributed by atoms with Crippen molar-refractivity contribution in [1.29, 1.82) is 0 Å². The fraction of sp³-hybridized carbons (Fsp3) is 0.143. The van der Waals surface area contributed by atoms with Gasteiger partial charge in [0.25, 0.3) is 5.91 Å². The Labute approximate surface area is 115 Å². The molecular formula is C14H13N3O3. The van der Waals surface area contributed by atoms with Crippen LogP contribution in [0.5, 0.6) is 0 Å². The molecule has 0 unspecified atom stereocenters. The van der Waals surface area contributed by atoms with Crippen molar-refractivity contribution >= 4 is 17.8 Å². The summed E-state index contributed by atoms with van der Waals surface area (Å²) in [6, 6.07) is 10.4. The van der Waals surface area contributed by atoms with Crippen LogP contribution in [-0.2, 0) is 14.3 Å². The minimum absolute atomic E-state index is 0.158. The minimum atomic E-state index is -1.03. The van der Waals surface area contributed by atoms with Crippen molar-refractivity contribution in [3.8, 4) is 0 Å². The Hall–Kier alpha value is -2.76. The number of carbonyl (C=O) groups excluding carboxylic acids is 2. The molecule has 1 atom stereocenters. The van der Waals surface area contributed by atoms with Gasteiger partial charge < -0.3 is 4.74 Å². The van der Waals surface area contributed by atoms with Crippen LogP contribution in [0.3, 0.4) is 0 Å². The maximum atomic E-state index is 12.2. The predicted octanol–water partition coefficient (Wildman–Crippen LogP) is 1.72. The first kappa shape index (κ1) is 13.7. The summed E-state index contributed by atoms with van der Waals surface area (Å²) in [6.07, 6.45) is 1.98. The number of nitrogens with one attached hydrogen (secondary N) is 1. The van der Waals surface area contributed by atoms with Crippen LogP contribution in [0.15, 0.2) is 48.8 Å². The highest BCUT2D eigenvalue weighted by atomic mass is 16.5. The van der Waals surface area contributed by atoms with Gasteiger partial charge in [0.15, 0.2) is 0 Å². The smallest absolute Gasteiger partial charge is 0.303 e. The van der Waals surface area contributed by atoms with Gasteiger partial charge >= 0.3 is 5.97 Å². The molecule has 1 heterocycles. The Morgan fingerprint density at radius 2 is 1.75 bits per heavy atom. The van der Waals surface area contributed by atoms with E-state index in [1.54, 1.807) is 30.3 Å². The lowest BCUT2D eigenvalue weighted by molar-refractivity contribution is -0.152. The van der Waals surface area contributed by atoms with E-state index in [9.17, 15) is 9.59 Å². The van der Waals surface area contributed by atoms with Gasteiger partial charge in [-0.2, -0.15) is 0 Å². The number of hydrogen-bond donors (Lipinski definition) is 1. The van der Waals surface area contributed by atoms with Gasteiger partial charge in [-0.05, 0) is 6.07 Å². The average molecular weight is 271 g/mol. The fourth-order valence-corrected chi connectivity index (χ4v) is 1.61. The Balaban J connectivity index is 2.18. The van der Waals surface area contributed by atoms with E-state index in [4.69, 9.17) is 4.74 Å². The van der Waals surface area contributed by atoms with Crippen LogP contribution in [0.2, 0.25) is 0 Å². The van der Waals surface area contributed by atoms with Gasteiger partial charge in [-0.25, -0.2) is 9.97 Å². The molecule has 6 nitrogen and oxygen atoms in total. The summed E-state index contributed by atoms with van der Waals surface area (Å²) in [7, 11) is 0. The fourth-order valence-electron chi connectivity index (χ4n) is 1.61. The third-order valence-corrected chi connectivity index (χ3v) is 2.43. The Morgan fingerprint density at radius 1 is 1.10 bits per heavy atom. The summed E-state index contributed by atoms with van der Waals surface area (Å²) in [4.78, 5) is 31.1. The third kappa shape index (κ3) is 3.61. The SMILES string of the molecule is CC(=O)O[C@H](C(=O)Nc1ncccn1)c1ccccc1. The number of ether oxygens (including phenoxy) is 1. The standard InChI is InChI=1S/C14H13N3O3/c1-10(18)20-12(11-6-3-2-4-7-11)13(19)17-14-15-8-5-9-16-14/h2-9,12H,1H3,(H,15,16,17,19)/t12-/m0/s1. The maximum Gasteiger partial charge on any atom is 0.303 e. The quantitative estimate of drug-likeness (QED) is 0.856. The van der Waals surface area contributed by atoms with Gasteiger partial charge in [0.05, 0.1) is 0 Å². The van der Waals surface area contributed by atoms with Crippen LogP contribution in [0.4, 0.5) is 5.95 Å². The van der Waals surface area contributed by atoms with Crippen molar-refractivity contribution in [2.75, 3.05) is 5.32 Å². The number of benzene rings is 1. The van der Waals surface area contributed by atoms with Gasteiger partial charge in [-0.15, -0.1) is 0 Å². The number of carbonyl (C=O) groups is 2. The van der Waals surface area contributed by atoms with Gasteiger partial charge in [0.1, 0.15) is 0 Å². The first-order valence-electron chi connectivity index (χ1n) is 5.97. The van der Waals surface area contributed by atoms with Crippen LogP contribution < -0.4 is 5.32 Å². The molecule has 6 heteroatoms. The molecule has 0 aliphatic heterocycles. The minimum Gasteiger partial charge on any atom is -0.447 e. The summed E-state index contributed by atoms with van der Waals surface area (Å²) < 4.78 is 5.06. The number of rotatable bonds is 4. The zero-order valence-corrected chi connectivity index (χ0v) is 10.8. The predicted molar refractivity (Wildman–Crippen MR) is 71.6 cm³/mol. The second-order valence-corrected chi connectivity index (χ2v) is 3.96. The summed E-state index contributed by atoms with van der Waals surface area (Å²) in [5.74, 6) is -0.883. The summed E-state index contributed by atoms with van der Waals surface area (Å²) in [5, 5.41) is 2.51. The highest BCUT2D eigenvalue weighted by Gasteiger charge is 2.24. The van der Waals surface area contributed by atoms with E-state index >= 15 is 0 Å². The van der Waals surface area contributed by atoms with Gasteiger partial charge in [0, 0.05) is 24.9 Å². The third-order valence-electron chi connectivity index (χ3n) is 2.43. The molecule has 1 aromatic carbocycles. The highest BCUT2D eigenvalue weighted by molar-refractivity contribution is 5.94. The zero-order valence-electron chi connectivity index (χ0n) is 10.8. The summed E-state index contributed by atoms with van der Waals surface area (Å²) >= 11 is 0. The summed E-state index contributed by atoms with van der Waals surface area (Å²) in [6.45, 7) is 1.25. The number of amides is 1. The van der Waals surface area contributed by atoms with E-state index in [1.807, 2.05) is 6.07 Å². The van der Waals surface area contributed by atoms with E-state index < -0.39 is 18.0 Å². The molecule has 1 aromatic heterocycles. The van der Waals surface area contributed by atoms with Gasteiger partial charge in [-0.3, -0.25) is 14.9 Å². The molecule has 1 N–H and O–H groups in total. The molecular weight excluding hydrogens is 258 g/mol. The van der Waals surface area contributed by atoms with Crippen LogP contribution in [0.1, 0.15) is 18.6 Å². The normalized spacial score (nSPS) is 11.4. The first-order valence-corrected chi connectivity index (χ1v) is 5.97. The average Bonchev–Trinajstić information content (AvgIpc) is 2.46. The molecule has 0 aliphatic carbocycles. The molecule has 1 amide bonds. The Morgan fingerprint density at radius 3 is 2.35 bits per heavy atom. The lowest BCUT2D eigenvalue weighted by Crippen LogP contribution is -2.25. The molecule has 2 aromatic rings. The second-order valence-electron chi connectivity index (χ2n) is 3.96. The van der Waals surface area contributed by atoms with Gasteiger partial charge in [0.2, 0.25) is 12.1 Å². The molecule has 0 aliphatic rings. The lowest BCUT2D eigenvalue weighted by Gasteiger charge is -2.16. The van der Waals surface area contributed by atoms with E-state index in [-0.39, 0.29) is 5.95 Å². The van der Waals surface area contributed by atoms with Crippen LogP contribution in [0.25, 0.3) is 0 Å². The largest absolute Gasteiger partial charge is 0.447 e. The van der Waals surface area contributed by atoms with Crippen molar-refractivity contribution in [2.45, 2.75) is 13.0 Å². The van der Waals surface area contributed by atoms with E-state index in [2.05, 4.69) is 15.3 Å². The lowest BCUT2D eigenvalue weighted by atomic mass is 10.1. The number of nitrogens with zero attached hydrogens (tertiary/aromatic N) is 2.